The number of nitroso groups, excluding NO2 is 1. The van der Waals surface area contributed by atoms with Crippen molar-refractivity contribution in [1.29, 1.82) is 0 Å². The Morgan fingerprint density at radius 1 is 0.786 bits per heavy atom. The van der Waals surface area contributed by atoms with Crippen molar-refractivity contribution in [3.05, 3.63) is 4.91 Å². The van der Waals surface area contributed by atoms with Crippen molar-refractivity contribution in [3.63, 3.8) is 0 Å². The first-order chi connectivity index (χ1) is 6.04. The third-order valence-electron chi connectivity index (χ3n) is 3.87. The minimum absolute atomic E-state index is 0.298. The fourth-order valence-electron chi connectivity index (χ4n) is 1.21. The Morgan fingerprint density at radius 3 is 1.14 bits per heavy atom. The molecule has 2 nitrogen and oxygen atoms in total. The van der Waals surface area contributed by atoms with Gasteiger partial charge in [0.1, 0.15) is 0 Å². The second-order valence-electron chi connectivity index (χ2n) is 5.91. The fraction of sp³-hybridized carbons (Fsp3) is 1.00. The molecule has 0 aliphatic rings. The van der Waals surface area contributed by atoms with E-state index in [0.717, 1.165) is 0 Å². The van der Waals surface area contributed by atoms with Crippen molar-refractivity contribution >= 4 is 0 Å². The molecule has 0 amide bonds. The van der Waals surface area contributed by atoms with Gasteiger partial charge in [0.05, 0.1) is 0 Å². The summed E-state index contributed by atoms with van der Waals surface area (Å²) in [7, 11) is 0. The Hall–Kier alpha value is -0.400. The van der Waals surface area contributed by atoms with Crippen LogP contribution in [0.25, 0.3) is 0 Å². The normalized spacial score (nSPS) is 13.9. The maximum Gasteiger partial charge on any atom is 0.207 e. The van der Waals surface area contributed by atoms with Gasteiger partial charge in [-0.3, -0.25) is 0 Å². The van der Waals surface area contributed by atoms with E-state index in [4.69, 9.17) is 0 Å². The molecular formula is C12H26NO+. The summed E-state index contributed by atoms with van der Waals surface area (Å²) in [6.07, 6.45) is 0. The minimum Gasteiger partial charge on any atom is -0.0560 e. The molecule has 0 saturated carbocycles. The molecule has 0 saturated heterocycles. The van der Waals surface area contributed by atoms with Crippen LogP contribution in [0, 0.1) is 16.7 Å². The van der Waals surface area contributed by atoms with Crippen molar-refractivity contribution in [2.45, 2.75) is 66.5 Å². The summed E-state index contributed by atoms with van der Waals surface area (Å²) in [6.45, 7) is 16.5. The van der Waals surface area contributed by atoms with E-state index in [0.29, 0.717) is 11.8 Å². The highest BCUT2D eigenvalue weighted by Gasteiger charge is 2.49. The average Bonchev–Trinajstić information content (AvgIpc) is 2.02. The summed E-state index contributed by atoms with van der Waals surface area (Å²) in [4.78, 5) is 12.3. The molecule has 0 aliphatic heterocycles. The molecule has 0 heterocycles. The van der Waals surface area contributed by atoms with E-state index in [1.54, 1.807) is 0 Å². The van der Waals surface area contributed by atoms with Crippen LogP contribution in [0.1, 0.15) is 55.4 Å². The third kappa shape index (κ3) is 2.34. The first-order valence-electron chi connectivity index (χ1n) is 5.52. The number of rotatable bonds is 4. The lowest BCUT2D eigenvalue weighted by atomic mass is 9.82. The van der Waals surface area contributed by atoms with Crippen molar-refractivity contribution in [3.8, 4) is 0 Å². The van der Waals surface area contributed by atoms with Gasteiger partial charge in [0, 0.05) is 49.2 Å². The van der Waals surface area contributed by atoms with Crippen LogP contribution in [-0.2, 0) is 0 Å². The standard InChI is InChI=1S/C12H26NO/c1-9(2)11(5,6)13(14)12(7,8)10(3)4/h9-10H,1-8H3/q+1. The Morgan fingerprint density at radius 2 is 1.00 bits per heavy atom. The molecule has 0 aromatic carbocycles. The second kappa shape index (κ2) is 4.00. The van der Waals surface area contributed by atoms with Gasteiger partial charge in [0.2, 0.25) is 11.1 Å². The summed E-state index contributed by atoms with van der Waals surface area (Å²) in [6, 6.07) is 0. The molecule has 0 aromatic heterocycles. The molecule has 0 rings (SSSR count). The first kappa shape index (κ1) is 13.6. The number of hydrogen-bond acceptors (Lipinski definition) is 1. The van der Waals surface area contributed by atoms with Crippen molar-refractivity contribution in [2.24, 2.45) is 11.8 Å². The van der Waals surface area contributed by atoms with Crippen molar-refractivity contribution in [2.75, 3.05) is 0 Å². The Kier molecular flexibility index (Phi) is 3.88. The van der Waals surface area contributed by atoms with E-state index >= 15 is 0 Å². The van der Waals surface area contributed by atoms with E-state index in [-0.39, 0.29) is 11.1 Å². The lowest BCUT2D eigenvalue weighted by Crippen LogP contribution is -2.52. The summed E-state index contributed by atoms with van der Waals surface area (Å²) < 4.78 is 1.27. The van der Waals surface area contributed by atoms with E-state index in [2.05, 4.69) is 27.7 Å². The zero-order valence-corrected chi connectivity index (χ0v) is 11.0. The van der Waals surface area contributed by atoms with Gasteiger partial charge in [-0.2, -0.15) is 0 Å². The smallest absolute Gasteiger partial charge is 0.0560 e. The van der Waals surface area contributed by atoms with E-state index in [9.17, 15) is 4.91 Å². The van der Waals surface area contributed by atoms with Gasteiger partial charge in [-0.25, -0.2) is 0 Å². The molecule has 14 heavy (non-hydrogen) atoms. The van der Waals surface area contributed by atoms with Gasteiger partial charge in [0.25, 0.3) is 0 Å². The zero-order valence-electron chi connectivity index (χ0n) is 11.0. The highest BCUT2D eigenvalue weighted by atomic mass is 16.3. The second-order valence-corrected chi connectivity index (χ2v) is 5.91. The number of nitrogens with zero attached hydrogens (tertiary/aromatic N) is 1. The predicted octanol–water partition coefficient (Wildman–Crippen LogP) is 3.63. The molecule has 0 bridgehead atoms. The third-order valence-corrected chi connectivity index (χ3v) is 3.87. The molecular weight excluding hydrogens is 174 g/mol. The topological polar surface area (TPSA) is 20.1 Å². The van der Waals surface area contributed by atoms with Gasteiger partial charge in [-0.1, -0.05) is 27.7 Å². The Labute approximate surface area is 88.7 Å². The van der Waals surface area contributed by atoms with Gasteiger partial charge < -0.3 is 0 Å². The van der Waals surface area contributed by atoms with Gasteiger partial charge in [0.15, 0.2) is 0 Å². The average molecular weight is 200 g/mol. The Bertz CT molecular complexity index is 192. The maximum absolute atomic E-state index is 12.3. The number of hydrogen-bond donors (Lipinski definition) is 0. The van der Waals surface area contributed by atoms with Gasteiger partial charge >= 0.3 is 0 Å². The van der Waals surface area contributed by atoms with Crippen LogP contribution in [0.2, 0.25) is 0 Å². The van der Waals surface area contributed by atoms with E-state index in [1.807, 2.05) is 27.7 Å². The van der Waals surface area contributed by atoms with E-state index in [1.165, 1.54) is 4.76 Å². The lowest BCUT2D eigenvalue weighted by molar-refractivity contribution is -0.694. The molecule has 0 atom stereocenters. The van der Waals surface area contributed by atoms with Crippen LogP contribution in [0.5, 0.6) is 0 Å². The summed E-state index contributed by atoms with van der Waals surface area (Å²) in [5.41, 5.74) is -0.596. The molecule has 2 heteroatoms. The van der Waals surface area contributed by atoms with Crippen LogP contribution >= 0.6 is 0 Å². The van der Waals surface area contributed by atoms with Crippen molar-refractivity contribution < 1.29 is 4.76 Å². The quantitative estimate of drug-likeness (QED) is 0.634. The fourth-order valence-corrected chi connectivity index (χ4v) is 1.21. The zero-order chi connectivity index (χ0) is 11.7. The molecule has 84 valence electrons. The van der Waals surface area contributed by atoms with Crippen LogP contribution in [0.3, 0.4) is 0 Å². The van der Waals surface area contributed by atoms with Gasteiger partial charge in [-0.15, -0.1) is 0 Å². The summed E-state index contributed by atoms with van der Waals surface area (Å²) >= 11 is 0. The highest BCUT2D eigenvalue weighted by Crippen LogP contribution is 2.30. The van der Waals surface area contributed by atoms with Gasteiger partial charge in [-0.05, 0) is 0 Å². The molecule has 0 unspecified atom stereocenters. The molecule has 0 radical (unpaired) electrons. The molecule has 0 fully saturated rings. The lowest BCUT2D eigenvalue weighted by Gasteiger charge is -2.30. The highest BCUT2D eigenvalue weighted by molar-refractivity contribution is 4.78. The molecule has 0 N–H and O–H groups in total. The maximum atomic E-state index is 12.3. The van der Waals surface area contributed by atoms with Crippen LogP contribution in [-0.4, -0.2) is 15.8 Å². The van der Waals surface area contributed by atoms with Crippen molar-refractivity contribution in [1.82, 2.24) is 0 Å². The summed E-state index contributed by atoms with van der Waals surface area (Å²) in [5.74, 6) is 0.719. The molecule has 0 aromatic rings. The monoisotopic (exact) mass is 200 g/mol. The SMILES string of the molecule is CC(C)C(C)(C)[N+](=O)C(C)(C)C(C)C. The van der Waals surface area contributed by atoms with E-state index < -0.39 is 0 Å². The molecule has 0 aliphatic carbocycles. The van der Waals surface area contributed by atoms with Crippen LogP contribution in [0.4, 0.5) is 0 Å². The first-order valence-corrected chi connectivity index (χ1v) is 5.52. The van der Waals surface area contributed by atoms with Crippen LogP contribution in [0.15, 0.2) is 0 Å². The minimum atomic E-state index is -0.298. The summed E-state index contributed by atoms with van der Waals surface area (Å²) in [5, 5.41) is 0. The van der Waals surface area contributed by atoms with Crippen LogP contribution < -0.4 is 0 Å². The predicted molar refractivity (Wildman–Crippen MR) is 61.5 cm³/mol. The Balaban J connectivity index is 4.96. The molecule has 0 spiro atoms. The largest absolute Gasteiger partial charge is 0.207 e.